The molecule has 1 amide bonds. The van der Waals surface area contributed by atoms with Gasteiger partial charge in [0.2, 0.25) is 0 Å². The zero-order valence-electron chi connectivity index (χ0n) is 12.0. The Morgan fingerprint density at radius 1 is 1.40 bits per heavy atom. The van der Waals surface area contributed by atoms with Gasteiger partial charge in [-0.3, -0.25) is 9.78 Å². The van der Waals surface area contributed by atoms with Crippen LogP contribution in [-0.2, 0) is 11.2 Å². The van der Waals surface area contributed by atoms with E-state index in [-0.39, 0.29) is 5.91 Å². The number of rotatable bonds is 5. The molecule has 1 unspecified atom stereocenters. The summed E-state index contributed by atoms with van der Waals surface area (Å²) >= 11 is 0. The smallest absolute Gasteiger partial charge is 0.263 e. The van der Waals surface area contributed by atoms with Gasteiger partial charge in [-0.2, -0.15) is 0 Å². The molecule has 5 heteroatoms. The van der Waals surface area contributed by atoms with Crippen LogP contribution in [0.4, 0.5) is 0 Å². The van der Waals surface area contributed by atoms with Gasteiger partial charge < -0.3 is 15.4 Å². The molecule has 1 saturated heterocycles. The van der Waals surface area contributed by atoms with Crippen LogP contribution in [0.25, 0.3) is 0 Å². The summed E-state index contributed by atoms with van der Waals surface area (Å²) in [6.45, 7) is 4.07. The minimum absolute atomic E-state index is 0.0655. The fourth-order valence-electron chi connectivity index (χ4n) is 2.40. The lowest BCUT2D eigenvalue weighted by Gasteiger charge is -2.29. The zero-order chi connectivity index (χ0) is 14.4. The van der Waals surface area contributed by atoms with Gasteiger partial charge in [0.05, 0.1) is 6.20 Å². The Morgan fingerprint density at radius 2 is 2.15 bits per heavy atom. The summed E-state index contributed by atoms with van der Waals surface area (Å²) in [5, 5.41) is 0. The van der Waals surface area contributed by atoms with Crippen LogP contribution >= 0.6 is 0 Å². The summed E-state index contributed by atoms with van der Waals surface area (Å²) in [4.78, 5) is 18.4. The minimum Gasteiger partial charge on any atom is -0.479 e. The number of hydrogen-bond acceptors (Lipinski definition) is 4. The van der Waals surface area contributed by atoms with E-state index < -0.39 is 6.10 Å². The number of pyridine rings is 1. The first kappa shape index (κ1) is 14.8. The molecular weight excluding hydrogens is 254 g/mol. The van der Waals surface area contributed by atoms with Crippen LogP contribution in [0.1, 0.15) is 31.9 Å². The van der Waals surface area contributed by atoms with E-state index >= 15 is 0 Å². The lowest BCUT2D eigenvalue weighted by atomic mass is 10.1. The maximum Gasteiger partial charge on any atom is 0.263 e. The van der Waals surface area contributed by atoms with E-state index in [4.69, 9.17) is 10.5 Å². The van der Waals surface area contributed by atoms with Gasteiger partial charge in [0.1, 0.15) is 5.75 Å². The number of ether oxygens (including phenoxy) is 1. The van der Waals surface area contributed by atoms with Gasteiger partial charge in [-0.05, 0) is 44.9 Å². The third kappa shape index (κ3) is 3.93. The van der Waals surface area contributed by atoms with E-state index in [0.717, 1.165) is 38.0 Å². The second kappa shape index (κ2) is 7.24. The molecule has 0 bridgehead atoms. The minimum atomic E-state index is -0.463. The molecule has 2 heterocycles. The maximum absolute atomic E-state index is 12.2. The molecule has 0 saturated carbocycles. The molecule has 1 aliphatic heterocycles. The molecule has 1 aromatic heterocycles. The van der Waals surface area contributed by atoms with Gasteiger partial charge >= 0.3 is 0 Å². The van der Waals surface area contributed by atoms with Crippen molar-refractivity contribution in [3.63, 3.8) is 0 Å². The predicted molar refractivity (Wildman–Crippen MR) is 77.5 cm³/mol. The van der Waals surface area contributed by atoms with Crippen LogP contribution in [0, 0.1) is 0 Å². The van der Waals surface area contributed by atoms with E-state index in [9.17, 15) is 4.79 Å². The average molecular weight is 277 g/mol. The molecule has 0 spiro atoms. The molecule has 5 nitrogen and oxygen atoms in total. The Kier molecular flexibility index (Phi) is 5.35. The quantitative estimate of drug-likeness (QED) is 0.882. The van der Waals surface area contributed by atoms with Gasteiger partial charge in [0, 0.05) is 25.2 Å². The highest BCUT2D eigenvalue weighted by atomic mass is 16.5. The van der Waals surface area contributed by atoms with Crippen LogP contribution in [0.3, 0.4) is 0 Å². The molecule has 0 aromatic carbocycles. The first-order chi connectivity index (χ1) is 9.70. The van der Waals surface area contributed by atoms with E-state index in [1.54, 1.807) is 13.1 Å². The van der Waals surface area contributed by atoms with Gasteiger partial charge in [-0.25, -0.2) is 0 Å². The Morgan fingerprint density at radius 3 is 2.75 bits per heavy atom. The van der Waals surface area contributed by atoms with Crippen molar-refractivity contribution >= 4 is 5.91 Å². The highest BCUT2D eigenvalue weighted by molar-refractivity contribution is 5.80. The largest absolute Gasteiger partial charge is 0.479 e. The molecule has 1 aromatic rings. The summed E-state index contributed by atoms with van der Waals surface area (Å²) in [5.41, 5.74) is 6.42. The number of carbonyl (C=O) groups is 1. The van der Waals surface area contributed by atoms with E-state index in [1.165, 1.54) is 6.42 Å². The van der Waals surface area contributed by atoms with Crippen LogP contribution < -0.4 is 10.5 Å². The van der Waals surface area contributed by atoms with Crippen LogP contribution in [-0.4, -0.2) is 41.5 Å². The number of nitrogens with zero attached hydrogens (tertiary/aromatic N) is 2. The summed E-state index contributed by atoms with van der Waals surface area (Å²) in [5.74, 6) is 0.694. The van der Waals surface area contributed by atoms with Crippen LogP contribution in [0.15, 0.2) is 18.3 Å². The third-order valence-corrected chi connectivity index (χ3v) is 3.53. The fraction of sp³-hybridized carbons (Fsp3) is 0.600. The van der Waals surface area contributed by atoms with Gasteiger partial charge in [0.15, 0.2) is 6.10 Å². The highest BCUT2D eigenvalue weighted by Gasteiger charge is 2.23. The van der Waals surface area contributed by atoms with E-state index in [1.807, 2.05) is 17.0 Å². The van der Waals surface area contributed by atoms with E-state index in [2.05, 4.69) is 4.98 Å². The molecule has 1 atom stereocenters. The highest BCUT2D eigenvalue weighted by Crippen LogP contribution is 2.15. The molecule has 0 radical (unpaired) electrons. The number of aromatic nitrogens is 1. The van der Waals surface area contributed by atoms with Crippen molar-refractivity contribution in [1.82, 2.24) is 9.88 Å². The molecule has 0 aliphatic carbocycles. The van der Waals surface area contributed by atoms with Crippen molar-refractivity contribution in [2.45, 2.75) is 38.7 Å². The van der Waals surface area contributed by atoms with E-state index in [0.29, 0.717) is 12.3 Å². The topological polar surface area (TPSA) is 68.5 Å². The SMILES string of the molecule is CC(Oc1ccc(CCN)nc1)C(=O)N1CCCCC1. The molecule has 1 aliphatic rings. The number of carbonyl (C=O) groups excluding carboxylic acids is 1. The van der Waals surface area contributed by atoms with Crippen molar-refractivity contribution < 1.29 is 9.53 Å². The molecular formula is C15H23N3O2. The Labute approximate surface area is 120 Å². The van der Waals surface area contributed by atoms with Crippen molar-refractivity contribution in [3.8, 4) is 5.75 Å². The molecule has 1 fully saturated rings. The van der Waals surface area contributed by atoms with Crippen molar-refractivity contribution in [3.05, 3.63) is 24.0 Å². The first-order valence-corrected chi connectivity index (χ1v) is 7.31. The summed E-state index contributed by atoms with van der Waals surface area (Å²) in [6.07, 6.45) is 5.34. The lowest BCUT2D eigenvalue weighted by Crippen LogP contribution is -2.43. The normalized spacial score (nSPS) is 16.8. The Hall–Kier alpha value is -1.62. The Bertz CT molecular complexity index is 427. The van der Waals surface area contributed by atoms with Gasteiger partial charge in [-0.1, -0.05) is 0 Å². The molecule has 110 valence electrons. The van der Waals surface area contributed by atoms with Crippen LogP contribution in [0.5, 0.6) is 5.75 Å². The van der Waals surface area contributed by atoms with Crippen molar-refractivity contribution in [2.24, 2.45) is 5.73 Å². The average Bonchev–Trinajstić information content (AvgIpc) is 2.49. The number of piperidine rings is 1. The number of amides is 1. The van der Waals surface area contributed by atoms with Gasteiger partial charge in [0.25, 0.3) is 5.91 Å². The molecule has 2 N–H and O–H groups in total. The first-order valence-electron chi connectivity index (χ1n) is 7.31. The fourth-order valence-corrected chi connectivity index (χ4v) is 2.40. The molecule has 20 heavy (non-hydrogen) atoms. The standard InChI is InChI=1S/C15H23N3O2/c1-12(15(19)18-9-3-2-4-10-18)20-14-6-5-13(7-8-16)17-11-14/h5-6,11-12H,2-4,7-10,16H2,1H3. The third-order valence-electron chi connectivity index (χ3n) is 3.53. The number of nitrogens with two attached hydrogens (primary N) is 1. The second-order valence-electron chi connectivity index (χ2n) is 5.17. The maximum atomic E-state index is 12.2. The van der Waals surface area contributed by atoms with Crippen LogP contribution in [0.2, 0.25) is 0 Å². The number of hydrogen-bond donors (Lipinski definition) is 1. The number of likely N-dealkylation sites (tertiary alicyclic amines) is 1. The van der Waals surface area contributed by atoms with Crippen molar-refractivity contribution in [1.29, 1.82) is 0 Å². The summed E-state index contributed by atoms with van der Waals surface area (Å²) in [7, 11) is 0. The zero-order valence-corrected chi connectivity index (χ0v) is 12.0. The lowest BCUT2D eigenvalue weighted by molar-refractivity contribution is -0.138. The van der Waals surface area contributed by atoms with Crippen molar-refractivity contribution in [2.75, 3.05) is 19.6 Å². The predicted octanol–water partition coefficient (Wildman–Crippen LogP) is 1.36. The van der Waals surface area contributed by atoms with Gasteiger partial charge in [-0.15, -0.1) is 0 Å². The summed E-state index contributed by atoms with van der Waals surface area (Å²) < 4.78 is 5.68. The Balaban J connectivity index is 1.89. The molecule has 2 rings (SSSR count). The second-order valence-corrected chi connectivity index (χ2v) is 5.17. The monoisotopic (exact) mass is 277 g/mol. The summed E-state index contributed by atoms with van der Waals surface area (Å²) in [6, 6.07) is 3.73.